The van der Waals surface area contributed by atoms with Gasteiger partial charge < -0.3 is 4.90 Å². The first kappa shape index (κ1) is 13.1. The zero-order valence-corrected chi connectivity index (χ0v) is 11.8. The van der Waals surface area contributed by atoms with Gasteiger partial charge in [-0.3, -0.25) is 4.79 Å². The number of halogens is 1. The number of carbonyl (C=O) groups excluding carboxylic acids is 1. The summed E-state index contributed by atoms with van der Waals surface area (Å²) in [5, 5.41) is 0.470. The minimum atomic E-state index is 0.0815. The topological polar surface area (TPSA) is 33.2 Å². The molecule has 1 aliphatic rings. The fourth-order valence-corrected chi connectivity index (χ4v) is 2.75. The highest BCUT2D eigenvalue weighted by Gasteiger charge is 2.22. The van der Waals surface area contributed by atoms with E-state index in [1.807, 2.05) is 41.3 Å². The molecule has 0 spiro atoms. The predicted octanol–water partition coefficient (Wildman–Crippen LogP) is 3.32. The lowest BCUT2D eigenvalue weighted by Gasteiger charge is -2.21. The van der Waals surface area contributed by atoms with Gasteiger partial charge in [-0.15, -0.1) is 0 Å². The molecule has 2 aromatic rings. The summed E-state index contributed by atoms with van der Waals surface area (Å²) in [5.74, 6) is 0.0815. The Labute approximate surface area is 123 Å². The summed E-state index contributed by atoms with van der Waals surface area (Å²) in [6.07, 6.45) is 3.57. The fourth-order valence-electron chi connectivity index (χ4n) is 2.57. The highest BCUT2D eigenvalue weighted by Crippen LogP contribution is 2.21. The molecular formula is C16H15ClN2O. The molecule has 0 bridgehead atoms. The maximum Gasteiger partial charge on any atom is 0.254 e. The van der Waals surface area contributed by atoms with E-state index < -0.39 is 0 Å². The molecule has 0 aliphatic carbocycles. The molecule has 1 aromatic heterocycles. The average Bonchev–Trinajstić information content (AvgIpc) is 2.62. The van der Waals surface area contributed by atoms with E-state index in [1.165, 1.54) is 0 Å². The van der Waals surface area contributed by atoms with E-state index in [1.54, 1.807) is 6.20 Å². The summed E-state index contributed by atoms with van der Waals surface area (Å²) in [5.41, 5.74) is 2.84. The molecular weight excluding hydrogens is 272 g/mol. The van der Waals surface area contributed by atoms with Crippen molar-refractivity contribution in [3.63, 3.8) is 0 Å². The molecule has 0 atom stereocenters. The first-order valence-electron chi connectivity index (χ1n) is 6.72. The van der Waals surface area contributed by atoms with Gasteiger partial charge in [0, 0.05) is 30.4 Å². The molecule has 2 heterocycles. The van der Waals surface area contributed by atoms with Gasteiger partial charge in [0.05, 0.1) is 0 Å². The van der Waals surface area contributed by atoms with E-state index in [4.69, 9.17) is 11.6 Å². The van der Waals surface area contributed by atoms with Crippen LogP contribution in [0.3, 0.4) is 0 Å². The fraction of sp³-hybridized carbons (Fsp3) is 0.250. The van der Waals surface area contributed by atoms with Crippen LogP contribution < -0.4 is 0 Å². The van der Waals surface area contributed by atoms with Crippen molar-refractivity contribution in [2.24, 2.45) is 0 Å². The molecule has 3 nitrogen and oxygen atoms in total. The number of rotatable bonds is 2. The molecule has 0 fully saturated rings. The molecule has 4 heteroatoms. The summed E-state index contributed by atoms with van der Waals surface area (Å²) in [4.78, 5) is 18.5. The van der Waals surface area contributed by atoms with Crippen molar-refractivity contribution >= 4 is 17.5 Å². The summed E-state index contributed by atoms with van der Waals surface area (Å²) < 4.78 is 0. The Bertz CT molecular complexity index is 642. The van der Waals surface area contributed by atoms with Crippen molar-refractivity contribution < 1.29 is 4.79 Å². The van der Waals surface area contributed by atoms with E-state index in [2.05, 4.69) is 4.98 Å². The quantitative estimate of drug-likeness (QED) is 0.794. The summed E-state index contributed by atoms with van der Waals surface area (Å²) in [6.45, 7) is 1.26. The predicted molar refractivity (Wildman–Crippen MR) is 78.8 cm³/mol. The number of carbonyl (C=O) groups is 1. The maximum absolute atomic E-state index is 12.6. The lowest BCUT2D eigenvalue weighted by molar-refractivity contribution is 0.0749. The van der Waals surface area contributed by atoms with Crippen LogP contribution in [0, 0.1) is 0 Å². The van der Waals surface area contributed by atoms with Gasteiger partial charge in [0.15, 0.2) is 0 Å². The zero-order valence-electron chi connectivity index (χ0n) is 11.1. The van der Waals surface area contributed by atoms with Crippen molar-refractivity contribution in [1.29, 1.82) is 0 Å². The molecule has 20 heavy (non-hydrogen) atoms. The molecule has 0 radical (unpaired) electrons. The normalized spacial score (nSPS) is 14.8. The number of pyridine rings is 1. The third-order valence-electron chi connectivity index (χ3n) is 3.61. The van der Waals surface area contributed by atoms with Gasteiger partial charge in [0.2, 0.25) is 0 Å². The average molecular weight is 287 g/mol. The molecule has 0 N–H and O–H groups in total. The Balaban J connectivity index is 1.88. The van der Waals surface area contributed by atoms with Crippen LogP contribution in [-0.2, 0) is 13.0 Å². The summed E-state index contributed by atoms with van der Waals surface area (Å²) in [7, 11) is 0. The van der Waals surface area contributed by atoms with Crippen LogP contribution in [0.2, 0.25) is 5.15 Å². The monoisotopic (exact) mass is 286 g/mol. The van der Waals surface area contributed by atoms with Crippen LogP contribution in [0.1, 0.15) is 27.9 Å². The van der Waals surface area contributed by atoms with E-state index in [0.717, 1.165) is 36.1 Å². The number of hydrogen-bond acceptors (Lipinski definition) is 2. The second-order valence-electron chi connectivity index (χ2n) is 4.94. The maximum atomic E-state index is 12.6. The highest BCUT2D eigenvalue weighted by molar-refractivity contribution is 6.30. The number of hydrogen-bond donors (Lipinski definition) is 0. The number of aryl methyl sites for hydroxylation is 1. The van der Waals surface area contributed by atoms with Gasteiger partial charge in [-0.2, -0.15) is 0 Å². The van der Waals surface area contributed by atoms with Crippen LogP contribution in [0.4, 0.5) is 0 Å². The molecule has 3 rings (SSSR count). The van der Waals surface area contributed by atoms with Crippen molar-refractivity contribution in [1.82, 2.24) is 9.88 Å². The lowest BCUT2D eigenvalue weighted by Crippen LogP contribution is -2.30. The summed E-state index contributed by atoms with van der Waals surface area (Å²) >= 11 is 6.08. The molecule has 102 valence electrons. The number of aromatic nitrogens is 1. The van der Waals surface area contributed by atoms with Crippen LogP contribution in [0.25, 0.3) is 0 Å². The van der Waals surface area contributed by atoms with Crippen molar-refractivity contribution in [2.75, 3.05) is 6.54 Å². The molecule has 1 aliphatic heterocycles. The molecule has 1 amide bonds. The van der Waals surface area contributed by atoms with Gasteiger partial charge in [-0.25, -0.2) is 4.98 Å². The minimum absolute atomic E-state index is 0.0815. The Morgan fingerprint density at radius 2 is 2.05 bits per heavy atom. The van der Waals surface area contributed by atoms with E-state index in [0.29, 0.717) is 11.7 Å². The first-order valence-corrected chi connectivity index (χ1v) is 7.10. The largest absolute Gasteiger partial charge is 0.334 e. The van der Waals surface area contributed by atoms with Crippen LogP contribution in [-0.4, -0.2) is 22.3 Å². The Hall–Kier alpha value is -1.87. The van der Waals surface area contributed by atoms with Crippen LogP contribution in [0.5, 0.6) is 0 Å². The number of benzene rings is 1. The summed E-state index contributed by atoms with van der Waals surface area (Å²) in [6, 6.07) is 11.6. The SMILES string of the molecule is O=C1c2ccccc2CCCN1Cc1cccnc1Cl. The third kappa shape index (κ3) is 2.54. The molecule has 0 unspecified atom stereocenters. The third-order valence-corrected chi connectivity index (χ3v) is 3.95. The lowest BCUT2D eigenvalue weighted by atomic mass is 10.0. The molecule has 0 saturated carbocycles. The van der Waals surface area contributed by atoms with Crippen LogP contribution in [0.15, 0.2) is 42.6 Å². The van der Waals surface area contributed by atoms with Crippen molar-refractivity contribution in [3.8, 4) is 0 Å². The minimum Gasteiger partial charge on any atom is -0.334 e. The zero-order chi connectivity index (χ0) is 13.9. The van der Waals surface area contributed by atoms with Gasteiger partial charge in [0.25, 0.3) is 5.91 Å². The highest BCUT2D eigenvalue weighted by atomic mass is 35.5. The standard InChI is InChI=1S/C16H15ClN2O/c17-15-13(6-3-9-18-15)11-19-10-4-7-12-5-1-2-8-14(12)16(19)20/h1-3,5-6,8-9H,4,7,10-11H2. The van der Waals surface area contributed by atoms with Gasteiger partial charge in [-0.1, -0.05) is 35.9 Å². The number of nitrogens with zero attached hydrogens (tertiary/aromatic N) is 2. The van der Waals surface area contributed by atoms with Crippen LogP contribution >= 0.6 is 11.6 Å². The Morgan fingerprint density at radius 1 is 1.20 bits per heavy atom. The second-order valence-corrected chi connectivity index (χ2v) is 5.30. The Kier molecular flexibility index (Phi) is 3.70. The molecule has 0 saturated heterocycles. The Morgan fingerprint density at radius 3 is 2.90 bits per heavy atom. The van der Waals surface area contributed by atoms with E-state index >= 15 is 0 Å². The van der Waals surface area contributed by atoms with Gasteiger partial charge in [-0.05, 0) is 30.5 Å². The van der Waals surface area contributed by atoms with E-state index in [-0.39, 0.29) is 5.91 Å². The van der Waals surface area contributed by atoms with Crippen molar-refractivity contribution in [3.05, 3.63) is 64.4 Å². The molecule has 1 aromatic carbocycles. The second kappa shape index (κ2) is 5.63. The van der Waals surface area contributed by atoms with Gasteiger partial charge >= 0.3 is 0 Å². The van der Waals surface area contributed by atoms with Crippen molar-refractivity contribution in [2.45, 2.75) is 19.4 Å². The van der Waals surface area contributed by atoms with E-state index in [9.17, 15) is 4.79 Å². The number of fused-ring (bicyclic) bond motifs is 1. The smallest absolute Gasteiger partial charge is 0.254 e. The number of amides is 1. The van der Waals surface area contributed by atoms with Gasteiger partial charge in [0.1, 0.15) is 5.15 Å². The first-order chi connectivity index (χ1) is 9.75.